The SMILES string of the molecule is O=C(CCCCc1ccc(F)cc1)NCC(=O)NCc1ccc(Cl)cc1. The summed E-state index contributed by atoms with van der Waals surface area (Å²) in [6.45, 7) is 0.355. The number of rotatable bonds is 9. The molecule has 2 amide bonds. The molecule has 2 aromatic rings. The van der Waals surface area contributed by atoms with Crippen LogP contribution in [0.4, 0.5) is 4.39 Å². The van der Waals surface area contributed by atoms with Crippen molar-refractivity contribution in [1.29, 1.82) is 0 Å². The Bertz CT molecular complexity index is 718. The maximum atomic E-state index is 12.8. The average Bonchev–Trinajstić information content (AvgIpc) is 2.64. The van der Waals surface area contributed by atoms with Crippen LogP contribution >= 0.6 is 11.6 Å². The fourth-order valence-corrected chi connectivity index (χ4v) is 2.52. The largest absolute Gasteiger partial charge is 0.350 e. The Morgan fingerprint density at radius 2 is 1.50 bits per heavy atom. The van der Waals surface area contributed by atoms with E-state index < -0.39 is 0 Å². The third-order valence-corrected chi connectivity index (χ3v) is 4.13. The van der Waals surface area contributed by atoms with Gasteiger partial charge >= 0.3 is 0 Å². The number of benzene rings is 2. The molecule has 0 unspecified atom stereocenters. The molecule has 0 aliphatic heterocycles. The van der Waals surface area contributed by atoms with Gasteiger partial charge in [0.05, 0.1) is 6.54 Å². The van der Waals surface area contributed by atoms with E-state index in [1.54, 1.807) is 24.3 Å². The Morgan fingerprint density at radius 1 is 0.846 bits per heavy atom. The molecule has 138 valence electrons. The normalized spacial score (nSPS) is 10.4. The minimum absolute atomic E-state index is 0.0373. The molecule has 0 aliphatic rings. The van der Waals surface area contributed by atoms with E-state index in [1.807, 2.05) is 12.1 Å². The maximum absolute atomic E-state index is 12.8. The second kappa shape index (κ2) is 10.6. The van der Waals surface area contributed by atoms with E-state index in [1.165, 1.54) is 12.1 Å². The van der Waals surface area contributed by atoms with Gasteiger partial charge in [-0.1, -0.05) is 35.9 Å². The number of aryl methyl sites for hydroxylation is 1. The zero-order chi connectivity index (χ0) is 18.8. The molecule has 0 spiro atoms. The Kier molecular flexibility index (Phi) is 8.09. The lowest BCUT2D eigenvalue weighted by Crippen LogP contribution is -2.36. The van der Waals surface area contributed by atoms with E-state index in [0.717, 1.165) is 30.4 Å². The van der Waals surface area contributed by atoms with Gasteiger partial charge in [0.15, 0.2) is 0 Å². The van der Waals surface area contributed by atoms with Crippen LogP contribution < -0.4 is 10.6 Å². The molecule has 0 saturated heterocycles. The third kappa shape index (κ3) is 7.66. The van der Waals surface area contributed by atoms with Crippen molar-refractivity contribution in [3.05, 3.63) is 70.5 Å². The van der Waals surface area contributed by atoms with Crippen LogP contribution in [-0.4, -0.2) is 18.4 Å². The molecule has 0 aliphatic carbocycles. The molecule has 0 heterocycles. The molecule has 6 heteroatoms. The van der Waals surface area contributed by atoms with Crippen molar-refractivity contribution in [2.24, 2.45) is 0 Å². The van der Waals surface area contributed by atoms with Gasteiger partial charge in [-0.2, -0.15) is 0 Å². The maximum Gasteiger partial charge on any atom is 0.239 e. The molecule has 0 bridgehead atoms. The summed E-state index contributed by atoms with van der Waals surface area (Å²) in [5, 5.41) is 6.00. The molecule has 2 rings (SSSR count). The summed E-state index contributed by atoms with van der Waals surface area (Å²) in [4.78, 5) is 23.5. The highest BCUT2D eigenvalue weighted by molar-refractivity contribution is 6.30. The van der Waals surface area contributed by atoms with E-state index in [9.17, 15) is 14.0 Å². The summed E-state index contributed by atoms with van der Waals surface area (Å²) >= 11 is 5.80. The van der Waals surface area contributed by atoms with Crippen LogP contribution in [0.2, 0.25) is 5.02 Å². The van der Waals surface area contributed by atoms with E-state index in [2.05, 4.69) is 10.6 Å². The van der Waals surface area contributed by atoms with Gasteiger partial charge in [0, 0.05) is 18.0 Å². The number of amides is 2. The third-order valence-electron chi connectivity index (χ3n) is 3.88. The molecule has 26 heavy (non-hydrogen) atoms. The Labute approximate surface area is 157 Å². The Morgan fingerprint density at radius 3 is 2.19 bits per heavy atom. The summed E-state index contributed by atoms with van der Waals surface area (Å²) in [5.41, 5.74) is 1.99. The number of hydrogen-bond donors (Lipinski definition) is 2. The summed E-state index contributed by atoms with van der Waals surface area (Å²) in [7, 11) is 0. The van der Waals surface area contributed by atoms with Crippen LogP contribution in [0.5, 0.6) is 0 Å². The van der Waals surface area contributed by atoms with Crippen molar-refractivity contribution >= 4 is 23.4 Å². The first-order valence-electron chi connectivity index (χ1n) is 8.55. The van der Waals surface area contributed by atoms with E-state index in [0.29, 0.717) is 18.0 Å². The van der Waals surface area contributed by atoms with Gasteiger partial charge in [-0.25, -0.2) is 4.39 Å². The van der Waals surface area contributed by atoms with Crippen molar-refractivity contribution in [2.75, 3.05) is 6.54 Å². The number of hydrogen-bond acceptors (Lipinski definition) is 2. The zero-order valence-electron chi connectivity index (χ0n) is 14.4. The Balaban J connectivity index is 1.55. The van der Waals surface area contributed by atoms with Gasteiger partial charge in [-0.15, -0.1) is 0 Å². The standard InChI is InChI=1S/C20H22ClFN2O2/c21-17-9-5-16(6-10-17)13-23-20(26)14-24-19(25)4-2-1-3-15-7-11-18(22)12-8-15/h5-12H,1-4,13-14H2,(H,23,26)(H,24,25). The molecule has 0 fully saturated rings. The Hall–Kier alpha value is -2.40. The van der Waals surface area contributed by atoms with Crippen LogP contribution in [0.3, 0.4) is 0 Å². The molecule has 0 atom stereocenters. The number of carbonyl (C=O) groups excluding carboxylic acids is 2. The molecule has 4 nitrogen and oxygen atoms in total. The van der Waals surface area contributed by atoms with Gasteiger partial charge in [-0.3, -0.25) is 9.59 Å². The summed E-state index contributed by atoms with van der Waals surface area (Å²) in [6.07, 6.45) is 2.72. The highest BCUT2D eigenvalue weighted by Crippen LogP contribution is 2.09. The zero-order valence-corrected chi connectivity index (χ0v) is 15.2. The quantitative estimate of drug-likeness (QED) is 0.657. The lowest BCUT2D eigenvalue weighted by atomic mass is 10.1. The lowest BCUT2D eigenvalue weighted by molar-refractivity contribution is -0.126. The van der Waals surface area contributed by atoms with Crippen LogP contribution in [-0.2, 0) is 22.6 Å². The van der Waals surface area contributed by atoms with E-state index >= 15 is 0 Å². The predicted molar refractivity (Wildman–Crippen MR) is 100 cm³/mol. The van der Waals surface area contributed by atoms with Gasteiger partial charge in [0.25, 0.3) is 0 Å². The van der Waals surface area contributed by atoms with Crippen LogP contribution in [0.25, 0.3) is 0 Å². The predicted octanol–water partition coefficient (Wildman–Crippen LogP) is 3.62. The smallest absolute Gasteiger partial charge is 0.239 e. The summed E-state index contributed by atoms with van der Waals surface area (Å²) < 4.78 is 12.8. The second-order valence-electron chi connectivity index (χ2n) is 6.01. The van der Waals surface area contributed by atoms with Crippen LogP contribution in [0.1, 0.15) is 30.4 Å². The highest BCUT2D eigenvalue weighted by Gasteiger charge is 2.06. The minimum atomic E-state index is -0.248. The van der Waals surface area contributed by atoms with Gasteiger partial charge in [0.1, 0.15) is 5.82 Å². The van der Waals surface area contributed by atoms with Gasteiger partial charge in [-0.05, 0) is 54.7 Å². The molecule has 0 saturated carbocycles. The number of unbranched alkanes of at least 4 members (excludes halogenated alkanes) is 1. The van der Waals surface area contributed by atoms with Crippen LogP contribution in [0, 0.1) is 5.82 Å². The molecule has 0 aromatic heterocycles. The first-order valence-corrected chi connectivity index (χ1v) is 8.93. The lowest BCUT2D eigenvalue weighted by Gasteiger charge is -2.07. The first-order chi connectivity index (χ1) is 12.5. The van der Waals surface area contributed by atoms with Gasteiger partial charge in [0.2, 0.25) is 11.8 Å². The van der Waals surface area contributed by atoms with Crippen LogP contribution in [0.15, 0.2) is 48.5 Å². The molecular formula is C20H22ClFN2O2. The second-order valence-corrected chi connectivity index (χ2v) is 6.45. The number of nitrogens with one attached hydrogen (secondary N) is 2. The van der Waals surface area contributed by atoms with Crippen molar-refractivity contribution in [3.8, 4) is 0 Å². The average molecular weight is 377 g/mol. The topological polar surface area (TPSA) is 58.2 Å². The first kappa shape index (κ1) is 19.9. The summed E-state index contributed by atoms with van der Waals surface area (Å²) in [5.74, 6) is -0.632. The number of carbonyl (C=O) groups is 2. The molecule has 2 aromatic carbocycles. The fourth-order valence-electron chi connectivity index (χ4n) is 2.40. The molecular weight excluding hydrogens is 355 g/mol. The van der Waals surface area contributed by atoms with Crippen molar-refractivity contribution in [3.63, 3.8) is 0 Å². The fraction of sp³-hybridized carbons (Fsp3) is 0.300. The van der Waals surface area contributed by atoms with Crippen molar-refractivity contribution < 1.29 is 14.0 Å². The van der Waals surface area contributed by atoms with E-state index in [4.69, 9.17) is 11.6 Å². The monoisotopic (exact) mass is 376 g/mol. The molecule has 0 radical (unpaired) electrons. The highest BCUT2D eigenvalue weighted by atomic mass is 35.5. The van der Waals surface area contributed by atoms with Gasteiger partial charge < -0.3 is 10.6 Å². The van der Waals surface area contributed by atoms with Crippen molar-refractivity contribution in [1.82, 2.24) is 10.6 Å². The summed E-state index contributed by atoms with van der Waals surface area (Å²) in [6, 6.07) is 13.6. The molecule has 2 N–H and O–H groups in total. The minimum Gasteiger partial charge on any atom is -0.350 e. The van der Waals surface area contributed by atoms with E-state index in [-0.39, 0.29) is 24.2 Å². The van der Waals surface area contributed by atoms with Crippen molar-refractivity contribution in [2.45, 2.75) is 32.2 Å². The number of halogens is 2.